The van der Waals surface area contributed by atoms with E-state index in [1.165, 1.54) is 36.5 Å². The van der Waals surface area contributed by atoms with E-state index in [4.69, 9.17) is 0 Å². The van der Waals surface area contributed by atoms with Crippen LogP contribution in [0.3, 0.4) is 0 Å². The first kappa shape index (κ1) is 16.9. The van der Waals surface area contributed by atoms with Gasteiger partial charge in [-0.15, -0.1) is 0 Å². The molecule has 1 amide bonds. The second-order valence-electron chi connectivity index (χ2n) is 4.81. The molecular formula is C16H15N3O5. The average molecular weight is 329 g/mol. The van der Waals surface area contributed by atoms with Crippen LogP contribution in [0.15, 0.2) is 47.5 Å². The summed E-state index contributed by atoms with van der Waals surface area (Å²) in [6.07, 6.45) is 1.30. The first-order valence-corrected chi connectivity index (χ1v) is 7.02. The topological polar surface area (TPSA) is 125 Å². The lowest BCUT2D eigenvalue weighted by Crippen LogP contribution is -2.26. The number of phenols is 2. The lowest BCUT2D eigenvalue weighted by molar-refractivity contribution is -0.384. The molecule has 8 heteroatoms. The van der Waals surface area contributed by atoms with Crippen molar-refractivity contribution >= 4 is 17.8 Å². The molecule has 0 saturated carbocycles. The highest BCUT2D eigenvalue weighted by molar-refractivity contribution is 5.96. The summed E-state index contributed by atoms with van der Waals surface area (Å²) in [5.41, 5.74) is 0.233. The van der Waals surface area contributed by atoms with E-state index in [1.54, 1.807) is 12.1 Å². The predicted octanol–water partition coefficient (Wildman–Crippen LogP) is 1.85. The smallest absolute Gasteiger partial charge is 0.270 e. The summed E-state index contributed by atoms with van der Waals surface area (Å²) in [5, 5.41) is 32.5. The number of aromatic hydroxyl groups is 2. The molecule has 0 aliphatic heterocycles. The number of amides is 1. The van der Waals surface area contributed by atoms with Crippen LogP contribution >= 0.6 is 0 Å². The summed E-state index contributed by atoms with van der Waals surface area (Å²) >= 11 is 0. The van der Waals surface area contributed by atoms with Gasteiger partial charge in [0.15, 0.2) is 0 Å². The molecule has 0 bridgehead atoms. The molecule has 124 valence electrons. The second-order valence-corrected chi connectivity index (χ2v) is 4.81. The third-order valence-corrected chi connectivity index (χ3v) is 3.13. The van der Waals surface area contributed by atoms with E-state index in [0.717, 1.165) is 0 Å². The van der Waals surface area contributed by atoms with Gasteiger partial charge in [-0.25, -0.2) is 0 Å². The van der Waals surface area contributed by atoms with Gasteiger partial charge in [-0.2, -0.15) is 0 Å². The monoisotopic (exact) mass is 329 g/mol. The molecule has 2 aromatic carbocycles. The molecule has 0 aliphatic carbocycles. The van der Waals surface area contributed by atoms with Crippen molar-refractivity contribution < 1.29 is 19.9 Å². The van der Waals surface area contributed by atoms with E-state index < -0.39 is 10.8 Å². The lowest BCUT2D eigenvalue weighted by Gasteiger charge is -2.05. The lowest BCUT2D eigenvalue weighted by atomic mass is 10.2. The van der Waals surface area contributed by atoms with Crippen molar-refractivity contribution in [2.45, 2.75) is 0 Å². The van der Waals surface area contributed by atoms with Crippen molar-refractivity contribution in [3.8, 4) is 11.5 Å². The Morgan fingerprint density at radius 3 is 2.67 bits per heavy atom. The van der Waals surface area contributed by atoms with Crippen LogP contribution in [-0.4, -0.2) is 40.3 Å². The number of nitro benzene ring substituents is 1. The molecule has 24 heavy (non-hydrogen) atoms. The Morgan fingerprint density at radius 2 is 1.96 bits per heavy atom. The minimum Gasteiger partial charge on any atom is -0.507 e. The van der Waals surface area contributed by atoms with Crippen molar-refractivity contribution in [3.63, 3.8) is 0 Å². The third kappa shape index (κ3) is 4.29. The maximum Gasteiger partial charge on any atom is 0.270 e. The van der Waals surface area contributed by atoms with E-state index in [2.05, 4.69) is 10.3 Å². The SMILES string of the molecule is O=C(NCCN=Cc1cc([N+](=O)[O-])ccc1O)c1ccccc1O. The number of hydrogen-bond donors (Lipinski definition) is 3. The van der Waals surface area contributed by atoms with Crippen LogP contribution in [-0.2, 0) is 0 Å². The Kier molecular flexibility index (Phi) is 5.45. The Labute approximate surface area is 137 Å². The number of benzene rings is 2. The van der Waals surface area contributed by atoms with Crippen molar-refractivity contribution in [1.29, 1.82) is 0 Å². The maximum absolute atomic E-state index is 11.8. The summed E-state index contributed by atoms with van der Waals surface area (Å²) in [6.45, 7) is 0.417. The van der Waals surface area contributed by atoms with Crippen LogP contribution in [0.25, 0.3) is 0 Å². The van der Waals surface area contributed by atoms with Gasteiger partial charge in [-0.05, 0) is 18.2 Å². The zero-order valence-corrected chi connectivity index (χ0v) is 12.5. The van der Waals surface area contributed by atoms with Crippen molar-refractivity contribution in [2.24, 2.45) is 4.99 Å². The molecule has 0 atom stereocenters. The van der Waals surface area contributed by atoms with Gasteiger partial charge in [0.25, 0.3) is 11.6 Å². The van der Waals surface area contributed by atoms with Crippen LogP contribution in [0, 0.1) is 10.1 Å². The van der Waals surface area contributed by atoms with Gasteiger partial charge in [-0.3, -0.25) is 19.9 Å². The fourth-order valence-corrected chi connectivity index (χ4v) is 1.92. The summed E-state index contributed by atoms with van der Waals surface area (Å²) in [5.74, 6) is -0.663. The van der Waals surface area contributed by atoms with Crippen molar-refractivity contribution in [2.75, 3.05) is 13.1 Å². The predicted molar refractivity (Wildman–Crippen MR) is 87.7 cm³/mol. The zero-order chi connectivity index (χ0) is 17.5. The molecule has 3 N–H and O–H groups in total. The van der Waals surface area contributed by atoms with Crippen molar-refractivity contribution in [1.82, 2.24) is 5.32 Å². The first-order valence-electron chi connectivity index (χ1n) is 7.02. The number of para-hydroxylation sites is 1. The minimum absolute atomic E-state index is 0.111. The highest BCUT2D eigenvalue weighted by atomic mass is 16.6. The minimum atomic E-state index is -0.566. The molecule has 0 aromatic heterocycles. The standard InChI is InChI=1S/C16H15N3O5/c20-14-6-5-12(19(23)24)9-11(14)10-17-7-8-18-16(22)13-3-1-2-4-15(13)21/h1-6,9-10,20-21H,7-8H2,(H,18,22). The third-order valence-electron chi connectivity index (χ3n) is 3.13. The van der Waals surface area contributed by atoms with E-state index in [1.807, 2.05) is 0 Å². The number of carbonyl (C=O) groups excluding carboxylic acids is 1. The van der Waals surface area contributed by atoms with Crippen LogP contribution in [0.5, 0.6) is 11.5 Å². The number of nitro groups is 1. The number of hydrogen-bond acceptors (Lipinski definition) is 6. The molecule has 0 spiro atoms. The summed E-state index contributed by atoms with van der Waals surface area (Å²) in [4.78, 5) is 26.0. The van der Waals surface area contributed by atoms with E-state index in [9.17, 15) is 25.1 Å². The molecule has 0 heterocycles. The normalized spacial score (nSPS) is 10.7. The zero-order valence-electron chi connectivity index (χ0n) is 12.5. The number of nitrogens with one attached hydrogen (secondary N) is 1. The van der Waals surface area contributed by atoms with E-state index >= 15 is 0 Å². The van der Waals surface area contributed by atoms with Gasteiger partial charge in [0.2, 0.25) is 0 Å². The molecule has 0 radical (unpaired) electrons. The maximum atomic E-state index is 11.8. The Hall–Kier alpha value is -3.42. The van der Waals surface area contributed by atoms with Crippen LogP contribution < -0.4 is 5.32 Å². The highest BCUT2D eigenvalue weighted by Crippen LogP contribution is 2.21. The summed E-state index contributed by atoms with van der Waals surface area (Å²) in [7, 11) is 0. The average Bonchev–Trinajstić information content (AvgIpc) is 2.56. The van der Waals surface area contributed by atoms with E-state index in [0.29, 0.717) is 0 Å². The number of phenolic OH excluding ortho intramolecular Hbond substituents is 2. The number of non-ortho nitro benzene ring substituents is 1. The Balaban J connectivity index is 1.89. The molecule has 2 rings (SSSR count). The number of aliphatic imine (C=N–C) groups is 1. The molecule has 8 nitrogen and oxygen atoms in total. The molecule has 2 aromatic rings. The second kappa shape index (κ2) is 7.73. The molecule has 0 aliphatic rings. The van der Waals surface area contributed by atoms with Gasteiger partial charge >= 0.3 is 0 Å². The van der Waals surface area contributed by atoms with Crippen LogP contribution in [0.4, 0.5) is 5.69 Å². The Bertz CT molecular complexity index is 789. The quantitative estimate of drug-likeness (QED) is 0.323. The van der Waals surface area contributed by atoms with Gasteiger partial charge in [0, 0.05) is 30.5 Å². The van der Waals surface area contributed by atoms with Crippen molar-refractivity contribution in [3.05, 3.63) is 63.7 Å². The Morgan fingerprint density at radius 1 is 1.21 bits per heavy atom. The number of carbonyl (C=O) groups is 1. The van der Waals surface area contributed by atoms with Crippen LogP contribution in [0.2, 0.25) is 0 Å². The summed E-state index contributed by atoms with van der Waals surface area (Å²) in [6, 6.07) is 9.78. The number of rotatable bonds is 6. The van der Waals surface area contributed by atoms with Crippen LogP contribution in [0.1, 0.15) is 15.9 Å². The fraction of sp³-hybridized carbons (Fsp3) is 0.125. The first-order chi connectivity index (χ1) is 11.5. The van der Waals surface area contributed by atoms with E-state index in [-0.39, 0.29) is 41.4 Å². The van der Waals surface area contributed by atoms with Gasteiger partial charge in [0.1, 0.15) is 11.5 Å². The molecular weight excluding hydrogens is 314 g/mol. The molecule has 0 saturated heterocycles. The fourth-order valence-electron chi connectivity index (χ4n) is 1.92. The largest absolute Gasteiger partial charge is 0.507 e. The molecule has 0 fully saturated rings. The molecule has 0 unspecified atom stereocenters. The number of nitrogens with zero attached hydrogens (tertiary/aromatic N) is 2. The van der Waals surface area contributed by atoms with Gasteiger partial charge in [-0.1, -0.05) is 12.1 Å². The van der Waals surface area contributed by atoms with Gasteiger partial charge < -0.3 is 15.5 Å². The summed E-state index contributed by atoms with van der Waals surface area (Å²) < 4.78 is 0. The highest BCUT2D eigenvalue weighted by Gasteiger charge is 2.09. The van der Waals surface area contributed by atoms with Gasteiger partial charge in [0.05, 0.1) is 17.0 Å².